The molecule has 0 unspecified atom stereocenters. The molecule has 2 aromatic rings. The van der Waals surface area contributed by atoms with Crippen LogP contribution < -0.4 is 5.73 Å². The van der Waals surface area contributed by atoms with Crippen molar-refractivity contribution >= 4 is 9.84 Å². The molecule has 0 fully saturated rings. The lowest BCUT2D eigenvalue weighted by atomic mass is 10.1. The number of benzene rings is 1. The monoisotopic (exact) mass is 279 g/mol. The lowest BCUT2D eigenvalue weighted by Crippen LogP contribution is -2.12. The van der Waals surface area contributed by atoms with E-state index in [0.29, 0.717) is 17.9 Å². The first kappa shape index (κ1) is 13.8. The maximum absolute atomic E-state index is 11.4. The molecule has 0 radical (unpaired) electrons. The fraction of sp³-hybridized carbons (Fsp3) is 0.308. The normalized spacial score (nSPS) is 11.7. The number of hydrogen-bond acceptors (Lipinski definition) is 4. The van der Waals surface area contributed by atoms with Crippen molar-refractivity contribution in [3.63, 3.8) is 0 Å². The van der Waals surface area contributed by atoms with Gasteiger partial charge in [0.15, 0.2) is 9.84 Å². The van der Waals surface area contributed by atoms with Crippen LogP contribution in [0.5, 0.6) is 0 Å². The molecule has 0 bridgehead atoms. The van der Waals surface area contributed by atoms with E-state index in [1.54, 1.807) is 18.3 Å². The van der Waals surface area contributed by atoms with Crippen molar-refractivity contribution in [1.82, 2.24) is 9.55 Å². The fourth-order valence-electron chi connectivity index (χ4n) is 1.89. The minimum Gasteiger partial charge on any atom is -0.333 e. The zero-order valence-corrected chi connectivity index (χ0v) is 11.6. The molecule has 0 aliphatic rings. The van der Waals surface area contributed by atoms with Crippen molar-refractivity contribution in [3.8, 4) is 0 Å². The topological polar surface area (TPSA) is 78.0 Å². The van der Waals surface area contributed by atoms with Crippen LogP contribution in [0.3, 0.4) is 0 Å². The molecule has 6 heteroatoms. The van der Waals surface area contributed by atoms with Gasteiger partial charge in [0.1, 0.15) is 5.82 Å². The Labute approximate surface area is 113 Å². The van der Waals surface area contributed by atoms with Gasteiger partial charge < -0.3 is 10.3 Å². The standard InChI is InChI=1S/C13H17N3O2S/c1-19(17,18)12-4-2-11(3-5-12)10-13-15-7-9-16(13)8-6-14/h2-5,7,9H,6,8,10,14H2,1H3. The number of sulfone groups is 1. The Balaban J connectivity index is 2.18. The molecule has 5 nitrogen and oxygen atoms in total. The maximum atomic E-state index is 11.4. The molecule has 1 heterocycles. The van der Waals surface area contributed by atoms with Gasteiger partial charge in [-0.1, -0.05) is 12.1 Å². The van der Waals surface area contributed by atoms with Crippen LogP contribution in [0.1, 0.15) is 11.4 Å². The number of nitrogens with zero attached hydrogens (tertiary/aromatic N) is 2. The zero-order chi connectivity index (χ0) is 13.9. The fourth-order valence-corrected chi connectivity index (χ4v) is 2.52. The molecule has 0 saturated carbocycles. The highest BCUT2D eigenvalue weighted by atomic mass is 32.2. The van der Waals surface area contributed by atoms with E-state index in [0.717, 1.165) is 17.9 Å². The van der Waals surface area contributed by atoms with E-state index in [4.69, 9.17) is 5.73 Å². The average molecular weight is 279 g/mol. The first-order chi connectivity index (χ1) is 9.00. The third-order valence-corrected chi connectivity index (χ3v) is 4.01. The third kappa shape index (κ3) is 3.42. The number of aromatic nitrogens is 2. The van der Waals surface area contributed by atoms with E-state index in [2.05, 4.69) is 4.98 Å². The molecule has 1 aromatic heterocycles. The van der Waals surface area contributed by atoms with Crippen LogP contribution in [0.4, 0.5) is 0 Å². The van der Waals surface area contributed by atoms with Crippen molar-refractivity contribution in [2.45, 2.75) is 17.9 Å². The van der Waals surface area contributed by atoms with Gasteiger partial charge in [-0.15, -0.1) is 0 Å². The lowest BCUT2D eigenvalue weighted by Gasteiger charge is -2.06. The molecule has 0 atom stereocenters. The van der Waals surface area contributed by atoms with Crippen LogP contribution in [0.2, 0.25) is 0 Å². The molecule has 0 saturated heterocycles. The number of imidazole rings is 1. The van der Waals surface area contributed by atoms with E-state index >= 15 is 0 Å². The van der Waals surface area contributed by atoms with Crippen molar-refractivity contribution in [1.29, 1.82) is 0 Å². The molecule has 0 aliphatic heterocycles. The van der Waals surface area contributed by atoms with Gasteiger partial charge in [-0.2, -0.15) is 0 Å². The first-order valence-electron chi connectivity index (χ1n) is 6.00. The third-order valence-electron chi connectivity index (χ3n) is 2.89. The van der Waals surface area contributed by atoms with Gasteiger partial charge in [-0.25, -0.2) is 13.4 Å². The highest BCUT2D eigenvalue weighted by molar-refractivity contribution is 7.90. The van der Waals surface area contributed by atoms with Crippen LogP contribution in [-0.2, 0) is 22.8 Å². The van der Waals surface area contributed by atoms with Gasteiger partial charge in [0.2, 0.25) is 0 Å². The predicted molar refractivity (Wildman–Crippen MR) is 73.6 cm³/mol. The Morgan fingerprint density at radius 1 is 1.26 bits per heavy atom. The van der Waals surface area contributed by atoms with Gasteiger partial charge in [-0.05, 0) is 17.7 Å². The Kier molecular flexibility index (Phi) is 4.01. The molecule has 0 aliphatic carbocycles. The van der Waals surface area contributed by atoms with Crippen LogP contribution in [0.15, 0.2) is 41.6 Å². The predicted octanol–water partition coefficient (Wildman–Crippen LogP) is 0.836. The van der Waals surface area contributed by atoms with E-state index in [1.165, 1.54) is 6.26 Å². The summed E-state index contributed by atoms with van der Waals surface area (Å²) in [6, 6.07) is 6.89. The van der Waals surface area contributed by atoms with Gasteiger partial charge in [0.25, 0.3) is 0 Å². The minimum absolute atomic E-state index is 0.335. The minimum atomic E-state index is -3.14. The highest BCUT2D eigenvalue weighted by Gasteiger charge is 2.08. The van der Waals surface area contributed by atoms with Gasteiger partial charge in [0, 0.05) is 38.2 Å². The van der Waals surface area contributed by atoms with Crippen molar-refractivity contribution in [2.75, 3.05) is 12.8 Å². The quantitative estimate of drug-likeness (QED) is 0.879. The summed E-state index contributed by atoms with van der Waals surface area (Å²) in [6.45, 7) is 1.30. The molecule has 1 aromatic carbocycles. The molecule has 19 heavy (non-hydrogen) atoms. The molecule has 102 valence electrons. The summed E-state index contributed by atoms with van der Waals surface area (Å²) in [4.78, 5) is 4.63. The second kappa shape index (κ2) is 5.54. The average Bonchev–Trinajstić information content (AvgIpc) is 2.77. The Hall–Kier alpha value is -1.66. The molecular weight excluding hydrogens is 262 g/mol. The van der Waals surface area contributed by atoms with Gasteiger partial charge in [0.05, 0.1) is 4.90 Å². The van der Waals surface area contributed by atoms with Crippen molar-refractivity contribution < 1.29 is 8.42 Å². The van der Waals surface area contributed by atoms with E-state index in [1.807, 2.05) is 22.9 Å². The van der Waals surface area contributed by atoms with E-state index < -0.39 is 9.84 Å². The lowest BCUT2D eigenvalue weighted by molar-refractivity contribution is 0.602. The summed E-state index contributed by atoms with van der Waals surface area (Å²) in [7, 11) is -3.14. The smallest absolute Gasteiger partial charge is 0.175 e. The molecule has 2 N–H and O–H groups in total. The van der Waals surface area contributed by atoms with E-state index in [-0.39, 0.29) is 0 Å². The van der Waals surface area contributed by atoms with Crippen LogP contribution in [0, 0.1) is 0 Å². The summed E-state index contributed by atoms with van der Waals surface area (Å²) < 4.78 is 24.7. The van der Waals surface area contributed by atoms with Crippen LogP contribution in [0.25, 0.3) is 0 Å². The summed E-state index contributed by atoms with van der Waals surface area (Å²) in [6.07, 6.45) is 5.51. The van der Waals surface area contributed by atoms with Crippen LogP contribution in [-0.4, -0.2) is 30.8 Å². The van der Waals surface area contributed by atoms with Crippen molar-refractivity contribution in [2.24, 2.45) is 5.73 Å². The Morgan fingerprint density at radius 3 is 2.53 bits per heavy atom. The number of hydrogen-bond donors (Lipinski definition) is 1. The summed E-state index contributed by atoms with van der Waals surface area (Å²) in [5.74, 6) is 0.928. The first-order valence-corrected chi connectivity index (χ1v) is 7.89. The molecule has 0 spiro atoms. The SMILES string of the molecule is CS(=O)(=O)c1ccc(Cc2nccn2CCN)cc1. The number of rotatable bonds is 5. The Bertz CT molecular complexity index is 645. The van der Waals surface area contributed by atoms with Crippen LogP contribution >= 0.6 is 0 Å². The van der Waals surface area contributed by atoms with Crippen molar-refractivity contribution in [3.05, 3.63) is 48.0 Å². The largest absolute Gasteiger partial charge is 0.333 e. The molecular formula is C13H17N3O2S. The molecule has 0 amide bonds. The Morgan fingerprint density at radius 2 is 1.95 bits per heavy atom. The summed E-state index contributed by atoms with van der Waals surface area (Å²) >= 11 is 0. The highest BCUT2D eigenvalue weighted by Crippen LogP contribution is 2.13. The molecule has 2 rings (SSSR count). The second-order valence-electron chi connectivity index (χ2n) is 4.42. The summed E-state index contributed by atoms with van der Waals surface area (Å²) in [5, 5.41) is 0. The second-order valence-corrected chi connectivity index (χ2v) is 6.43. The van der Waals surface area contributed by atoms with Gasteiger partial charge in [-0.3, -0.25) is 0 Å². The maximum Gasteiger partial charge on any atom is 0.175 e. The number of nitrogens with two attached hydrogens (primary N) is 1. The summed E-state index contributed by atoms with van der Waals surface area (Å²) in [5.41, 5.74) is 6.56. The zero-order valence-electron chi connectivity index (χ0n) is 10.8. The van der Waals surface area contributed by atoms with E-state index in [9.17, 15) is 8.42 Å². The van der Waals surface area contributed by atoms with Gasteiger partial charge >= 0.3 is 0 Å².